The molecule has 138 valence electrons. The third kappa shape index (κ3) is 4.53. The van der Waals surface area contributed by atoms with Crippen LogP contribution < -0.4 is 4.90 Å². The van der Waals surface area contributed by atoms with Crippen molar-refractivity contribution in [3.63, 3.8) is 0 Å². The summed E-state index contributed by atoms with van der Waals surface area (Å²) < 4.78 is 2.06. The van der Waals surface area contributed by atoms with Gasteiger partial charge in [-0.3, -0.25) is 15.1 Å². The topological polar surface area (TPSA) is 71.6 Å². The maximum absolute atomic E-state index is 11.3. The Labute approximate surface area is 165 Å². The summed E-state index contributed by atoms with van der Waals surface area (Å²) in [6, 6.07) is 10.9. The fourth-order valence-corrected chi connectivity index (χ4v) is 4.32. The average Bonchev–Trinajstić information content (AvgIpc) is 3.06. The van der Waals surface area contributed by atoms with Gasteiger partial charge in [-0.15, -0.1) is 17.9 Å². The van der Waals surface area contributed by atoms with E-state index in [2.05, 4.69) is 16.6 Å². The van der Waals surface area contributed by atoms with Crippen LogP contribution in [0, 0.1) is 10.1 Å². The average molecular weight is 399 g/mol. The zero-order valence-electron chi connectivity index (χ0n) is 15.0. The fourth-order valence-electron chi connectivity index (χ4n) is 2.46. The van der Waals surface area contributed by atoms with E-state index in [1.165, 1.54) is 6.07 Å². The lowest BCUT2D eigenvalue weighted by molar-refractivity contribution is -0.384. The fraction of sp³-hybridized carbons (Fsp3) is 0.158. The smallest absolute Gasteiger partial charge is 0.293 e. The van der Waals surface area contributed by atoms with Gasteiger partial charge in [0.2, 0.25) is 0 Å². The number of rotatable bonds is 7. The van der Waals surface area contributed by atoms with Crippen LogP contribution in [0.2, 0.25) is 0 Å². The molecule has 6 nitrogen and oxygen atoms in total. The number of nitrogens with zero attached hydrogens (tertiary/aromatic N) is 4. The maximum atomic E-state index is 11.3. The van der Waals surface area contributed by atoms with Crippen LogP contribution in [0.4, 0.5) is 17.1 Å². The molecule has 0 spiro atoms. The first-order valence-electron chi connectivity index (χ1n) is 8.12. The third-order valence-electron chi connectivity index (χ3n) is 3.72. The van der Waals surface area contributed by atoms with Crippen molar-refractivity contribution in [2.75, 3.05) is 24.7 Å². The standard InChI is InChI=1S/C19H18N4O2S2/c1-4-9-26-19-21-15-7-6-14(11-18(15)27-19)20-12-13-5-8-16(22(2)3)17(10-13)23(24)25/h4-8,10-12H,1,9H2,2-3H3. The second-order valence-electron chi connectivity index (χ2n) is 5.89. The van der Waals surface area contributed by atoms with Gasteiger partial charge in [0.05, 0.1) is 20.8 Å². The molecule has 3 rings (SSSR count). The molecular weight excluding hydrogens is 380 g/mol. The highest BCUT2D eigenvalue weighted by Gasteiger charge is 2.15. The molecule has 0 atom stereocenters. The largest absolute Gasteiger partial charge is 0.372 e. The zero-order valence-corrected chi connectivity index (χ0v) is 16.6. The maximum Gasteiger partial charge on any atom is 0.293 e. The van der Waals surface area contributed by atoms with Gasteiger partial charge >= 0.3 is 0 Å². The Hall–Kier alpha value is -2.71. The van der Waals surface area contributed by atoms with Crippen molar-refractivity contribution >= 4 is 56.6 Å². The van der Waals surface area contributed by atoms with Gasteiger partial charge in [-0.1, -0.05) is 23.9 Å². The number of hydrogen-bond acceptors (Lipinski definition) is 7. The minimum absolute atomic E-state index is 0.0609. The highest BCUT2D eigenvalue weighted by atomic mass is 32.2. The molecule has 3 aromatic rings. The molecule has 0 N–H and O–H groups in total. The lowest BCUT2D eigenvalue weighted by atomic mass is 10.1. The molecule has 0 aliphatic rings. The molecule has 0 aliphatic carbocycles. The molecule has 0 saturated carbocycles. The van der Waals surface area contributed by atoms with Gasteiger partial charge in [-0.25, -0.2) is 4.98 Å². The van der Waals surface area contributed by atoms with Crippen LogP contribution >= 0.6 is 23.1 Å². The summed E-state index contributed by atoms with van der Waals surface area (Å²) in [5.74, 6) is 0.826. The van der Waals surface area contributed by atoms with Gasteiger partial charge in [-0.05, 0) is 29.8 Å². The van der Waals surface area contributed by atoms with E-state index in [-0.39, 0.29) is 10.6 Å². The number of aromatic nitrogens is 1. The predicted molar refractivity (Wildman–Crippen MR) is 115 cm³/mol. The van der Waals surface area contributed by atoms with E-state index >= 15 is 0 Å². The quantitative estimate of drug-likeness (QED) is 0.178. The Kier molecular flexibility index (Phi) is 5.88. The summed E-state index contributed by atoms with van der Waals surface area (Å²) in [6.45, 7) is 3.72. The molecule has 8 heteroatoms. The SMILES string of the molecule is C=CCSc1nc2ccc(N=Cc3ccc(N(C)C)c([N+](=O)[O-])c3)cc2s1. The summed E-state index contributed by atoms with van der Waals surface area (Å²) in [6.07, 6.45) is 3.50. The van der Waals surface area contributed by atoms with E-state index in [0.717, 1.165) is 26.0 Å². The molecule has 0 amide bonds. The molecule has 0 fully saturated rings. The van der Waals surface area contributed by atoms with E-state index in [1.54, 1.807) is 54.4 Å². The second-order valence-corrected chi connectivity index (χ2v) is 8.19. The molecule has 0 bridgehead atoms. The normalized spacial score (nSPS) is 11.2. The van der Waals surface area contributed by atoms with Gasteiger partial charge in [0, 0.05) is 32.1 Å². The first kappa shape index (κ1) is 19.1. The Bertz CT molecular complexity index is 1030. The number of nitro benzene ring substituents is 1. The molecule has 1 heterocycles. The lowest BCUT2D eigenvalue weighted by Crippen LogP contribution is -2.11. The Morgan fingerprint density at radius 3 is 2.85 bits per heavy atom. The number of nitro groups is 1. The van der Waals surface area contributed by atoms with Crippen LogP contribution in [0.3, 0.4) is 0 Å². The van der Waals surface area contributed by atoms with Crippen LogP contribution in [0.5, 0.6) is 0 Å². The van der Waals surface area contributed by atoms with Crippen molar-refractivity contribution in [1.29, 1.82) is 0 Å². The minimum atomic E-state index is -0.376. The minimum Gasteiger partial charge on any atom is -0.372 e. The van der Waals surface area contributed by atoms with Crippen molar-refractivity contribution in [2.24, 2.45) is 4.99 Å². The number of thioether (sulfide) groups is 1. The van der Waals surface area contributed by atoms with Crippen LogP contribution in [-0.4, -0.2) is 36.0 Å². The van der Waals surface area contributed by atoms with Crippen molar-refractivity contribution in [1.82, 2.24) is 4.98 Å². The van der Waals surface area contributed by atoms with Crippen molar-refractivity contribution in [2.45, 2.75) is 4.34 Å². The van der Waals surface area contributed by atoms with E-state index < -0.39 is 0 Å². The molecule has 0 saturated heterocycles. The number of anilines is 1. The van der Waals surface area contributed by atoms with Gasteiger partial charge in [0.15, 0.2) is 4.34 Å². The van der Waals surface area contributed by atoms with Crippen LogP contribution in [0.1, 0.15) is 5.56 Å². The van der Waals surface area contributed by atoms with Gasteiger partial charge in [-0.2, -0.15) is 0 Å². The van der Waals surface area contributed by atoms with E-state index in [1.807, 2.05) is 30.3 Å². The summed E-state index contributed by atoms with van der Waals surface area (Å²) in [5, 5.41) is 11.3. The summed E-state index contributed by atoms with van der Waals surface area (Å²) >= 11 is 3.27. The molecular formula is C19H18N4O2S2. The summed E-state index contributed by atoms with van der Waals surface area (Å²) in [4.78, 5) is 21.7. The highest BCUT2D eigenvalue weighted by molar-refractivity contribution is 8.01. The predicted octanol–water partition coefficient (Wildman–Crippen LogP) is 5.30. The monoisotopic (exact) mass is 398 g/mol. The number of thiazole rings is 1. The van der Waals surface area contributed by atoms with Gasteiger partial charge in [0.1, 0.15) is 5.69 Å². The number of fused-ring (bicyclic) bond motifs is 1. The highest BCUT2D eigenvalue weighted by Crippen LogP contribution is 2.32. The Morgan fingerprint density at radius 2 is 2.15 bits per heavy atom. The Morgan fingerprint density at radius 1 is 1.33 bits per heavy atom. The number of benzene rings is 2. The molecule has 2 aromatic carbocycles. The summed E-state index contributed by atoms with van der Waals surface area (Å²) in [5.41, 5.74) is 3.03. The molecule has 27 heavy (non-hydrogen) atoms. The molecule has 0 aliphatic heterocycles. The Balaban J connectivity index is 1.85. The van der Waals surface area contributed by atoms with Crippen LogP contribution in [-0.2, 0) is 0 Å². The molecule has 0 unspecified atom stereocenters. The van der Waals surface area contributed by atoms with E-state index in [0.29, 0.717) is 11.3 Å². The first-order chi connectivity index (χ1) is 13.0. The third-order valence-corrected chi connectivity index (χ3v) is 5.87. The number of hydrogen-bond donors (Lipinski definition) is 0. The summed E-state index contributed by atoms with van der Waals surface area (Å²) in [7, 11) is 3.56. The number of aliphatic imine (C=N–C) groups is 1. The molecule has 1 aromatic heterocycles. The van der Waals surface area contributed by atoms with Gasteiger partial charge < -0.3 is 4.90 Å². The van der Waals surface area contributed by atoms with E-state index in [4.69, 9.17) is 0 Å². The first-order valence-corrected chi connectivity index (χ1v) is 9.92. The second kappa shape index (κ2) is 8.32. The lowest BCUT2D eigenvalue weighted by Gasteiger charge is -2.12. The van der Waals surface area contributed by atoms with Crippen LogP contribution in [0.25, 0.3) is 10.2 Å². The van der Waals surface area contributed by atoms with E-state index in [9.17, 15) is 10.1 Å². The molecule has 0 radical (unpaired) electrons. The zero-order chi connectivity index (χ0) is 19.4. The van der Waals surface area contributed by atoms with Gasteiger partial charge in [0.25, 0.3) is 5.69 Å². The van der Waals surface area contributed by atoms with Crippen molar-refractivity contribution in [3.8, 4) is 0 Å². The van der Waals surface area contributed by atoms with Crippen molar-refractivity contribution < 1.29 is 4.92 Å². The van der Waals surface area contributed by atoms with Crippen molar-refractivity contribution in [3.05, 3.63) is 64.7 Å². The van der Waals surface area contributed by atoms with Crippen LogP contribution in [0.15, 0.2) is 58.4 Å².